The van der Waals surface area contributed by atoms with E-state index in [1.54, 1.807) is 30.3 Å². The molecular weight excluding hydrogens is 346 g/mol. The molecule has 1 aliphatic rings. The van der Waals surface area contributed by atoms with Gasteiger partial charge < -0.3 is 15.5 Å². The van der Waals surface area contributed by atoms with Crippen LogP contribution in [0, 0.1) is 0 Å². The molecule has 1 fully saturated rings. The van der Waals surface area contributed by atoms with Crippen LogP contribution in [-0.4, -0.2) is 68.5 Å². The summed E-state index contributed by atoms with van der Waals surface area (Å²) in [6, 6.07) is 4.63. The number of rotatable bonds is 8. The molecule has 0 spiro atoms. The third-order valence-corrected chi connectivity index (χ3v) is 5.32. The summed E-state index contributed by atoms with van der Waals surface area (Å²) in [7, 11) is 3.49. The third-order valence-electron chi connectivity index (χ3n) is 4.34. The number of amides is 1. The topological polar surface area (TPSA) is 60.0 Å². The predicted molar refractivity (Wildman–Crippen MR) is 110 cm³/mol. The lowest BCUT2D eigenvalue weighted by Crippen LogP contribution is -2.43. The smallest absolute Gasteiger partial charge is 0.243 e. The lowest BCUT2D eigenvalue weighted by Gasteiger charge is -2.27. The standard InChI is InChI=1S/C19H31N5OS/c1-15(2)12-20-19(22-14-18(25)23(3)4)21-13-16(17-8-7-11-26-17)24-9-5-6-10-24/h7-8,11,16H,1,5-6,9-10,12-14H2,2-4H3,(H2,20,21,22). The molecule has 2 N–H and O–H groups in total. The quantitative estimate of drug-likeness (QED) is 0.414. The Balaban J connectivity index is 2.03. The Bertz CT molecular complexity index is 605. The second-order valence-corrected chi connectivity index (χ2v) is 7.90. The van der Waals surface area contributed by atoms with Gasteiger partial charge in [0.25, 0.3) is 0 Å². The van der Waals surface area contributed by atoms with E-state index >= 15 is 0 Å². The van der Waals surface area contributed by atoms with Gasteiger partial charge >= 0.3 is 0 Å². The molecule has 0 bridgehead atoms. The Hall–Kier alpha value is -1.86. The highest BCUT2D eigenvalue weighted by molar-refractivity contribution is 7.10. The van der Waals surface area contributed by atoms with Gasteiger partial charge in [0.05, 0.1) is 6.04 Å². The molecule has 1 amide bonds. The molecule has 26 heavy (non-hydrogen) atoms. The molecule has 0 aromatic carbocycles. The van der Waals surface area contributed by atoms with Crippen molar-refractivity contribution in [1.29, 1.82) is 0 Å². The van der Waals surface area contributed by atoms with Gasteiger partial charge in [0.2, 0.25) is 5.91 Å². The number of likely N-dealkylation sites (N-methyl/N-ethyl adjacent to an activating group) is 1. The van der Waals surface area contributed by atoms with Crippen molar-refractivity contribution in [2.24, 2.45) is 4.99 Å². The minimum atomic E-state index is -0.0178. The number of carbonyl (C=O) groups is 1. The van der Waals surface area contributed by atoms with E-state index in [1.165, 1.54) is 17.7 Å². The maximum absolute atomic E-state index is 11.9. The molecule has 1 aromatic heterocycles. The second kappa shape index (κ2) is 10.3. The summed E-state index contributed by atoms with van der Waals surface area (Å²) in [6.07, 6.45) is 2.52. The zero-order valence-corrected chi connectivity index (χ0v) is 16.9. The normalized spacial score (nSPS) is 16.3. The largest absolute Gasteiger partial charge is 0.354 e. The molecule has 1 unspecified atom stereocenters. The Morgan fingerprint density at radius 2 is 2.12 bits per heavy atom. The molecule has 1 saturated heterocycles. The first-order valence-electron chi connectivity index (χ1n) is 9.11. The predicted octanol–water partition coefficient (Wildman–Crippen LogP) is 2.08. The first kappa shape index (κ1) is 20.5. The Kier molecular flexibility index (Phi) is 8.12. The van der Waals surface area contributed by atoms with Crippen molar-refractivity contribution in [2.75, 3.05) is 46.8 Å². The molecule has 6 nitrogen and oxygen atoms in total. The number of hydrogen-bond donors (Lipinski definition) is 2. The monoisotopic (exact) mass is 377 g/mol. The van der Waals surface area contributed by atoms with E-state index in [2.05, 4.69) is 44.6 Å². The van der Waals surface area contributed by atoms with Gasteiger partial charge in [-0.15, -0.1) is 11.3 Å². The second-order valence-electron chi connectivity index (χ2n) is 6.92. The lowest BCUT2D eigenvalue weighted by atomic mass is 10.2. The molecule has 0 aliphatic carbocycles. The van der Waals surface area contributed by atoms with Crippen LogP contribution in [0.5, 0.6) is 0 Å². The molecule has 1 aromatic rings. The molecule has 0 saturated carbocycles. The first-order chi connectivity index (χ1) is 12.5. The highest BCUT2D eigenvalue weighted by Gasteiger charge is 2.24. The number of guanidine groups is 1. The Labute approximate surface area is 161 Å². The van der Waals surface area contributed by atoms with E-state index in [0.717, 1.165) is 25.2 Å². The van der Waals surface area contributed by atoms with Gasteiger partial charge in [0.15, 0.2) is 5.96 Å². The van der Waals surface area contributed by atoms with Gasteiger partial charge in [-0.3, -0.25) is 9.69 Å². The molecule has 2 heterocycles. The number of nitrogens with one attached hydrogen (secondary N) is 2. The zero-order chi connectivity index (χ0) is 18.9. The highest BCUT2D eigenvalue weighted by Crippen LogP contribution is 2.27. The highest BCUT2D eigenvalue weighted by atomic mass is 32.1. The van der Waals surface area contributed by atoms with Crippen LogP contribution in [0.4, 0.5) is 0 Å². The van der Waals surface area contributed by atoms with Crippen LogP contribution in [0.25, 0.3) is 0 Å². The first-order valence-corrected chi connectivity index (χ1v) is 9.99. The van der Waals surface area contributed by atoms with Crippen LogP contribution in [0.2, 0.25) is 0 Å². The maximum Gasteiger partial charge on any atom is 0.243 e. The fourth-order valence-electron chi connectivity index (χ4n) is 2.83. The number of thiophene rings is 1. The number of nitrogens with zero attached hydrogens (tertiary/aromatic N) is 3. The van der Waals surface area contributed by atoms with E-state index in [0.29, 0.717) is 18.5 Å². The molecule has 7 heteroatoms. The summed E-state index contributed by atoms with van der Waals surface area (Å²) in [4.78, 5) is 21.7. The fraction of sp³-hybridized carbons (Fsp3) is 0.579. The summed E-state index contributed by atoms with van der Waals surface area (Å²) in [5.41, 5.74) is 1.02. The number of likely N-dealkylation sites (tertiary alicyclic amines) is 1. The van der Waals surface area contributed by atoms with Crippen LogP contribution in [0.15, 0.2) is 34.7 Å². The van der Waals surface area contributed by atoms with Gasteiger partial charge in [-0.05, 0) is 44.3 Å². The lowest BCUT2D eigenvalue weighted by molar-refractivity contribution is -0.127. The Morgan fingerprint density at radius 1 is 1.38 bits per heavy atom. The minimum Gasteiger partial charge on any atom is -0.354 e. The zero-order valence-electron chi connectivity index (χ0n) is 16.1. The molecule has 144 valence electrons. The van der Waals surface area contributed by atoms with E-state index < -0.39 is 0 Å². The molecule has 1 atom stereocenters. The van der Waals surface area contributed by atoms with Gasteiger partial charge in [0.1, 0.15) is 6.54 Å². The summed E-state index contributed by atoms with van der Waals surface area (Å²) in [5, 5.41) is 8.81. The van der Waals surface area contributed by atoms with Crippen LogP contribution in [-0.2, 0) is 4.79 Å². The third kappa shape index (κ3) is 6.46. The van der Waals surface area contributed by atoms with E-state index in [4.69, 9.17) is 0 Å². The maximum atomic E-state index is 11.9. The fourth-order valence-corrected chi connectivity index (χ4v) is 3.70. The number of hydrogen-bond acceptors (Lipinski definition) is 4. The van der Waals surface area contributed by atoms with Crippen LogP contribution in [0.3, 0.4) is 0 Å². The van der Waals surface area contributed by atoms with Crippen molar-refractivity contribution in [1.82, 2.24) is 20.4 Å². The van der Waals surface area contributed by atoms with Gasteiger partial charge in [0, 0.05) is 32.1 Å². The summed E-state index contributed by atoms with van der Waals surface area (Å²) in [5.74, 6) is 0.639. The average Bonchev–Trinajstić information content (AvgIpc) is 3.30. The number of aliphatic imine (C=N–C) groups is 1. The van der Waals surface area contributed by atoms with E-state index in [-0.39, 0.29) is 12.5 Å². The summed E-state index contributed by atoms with van der Waals surface area (Å²) in [6.45, 7) is 9.68. The Morgan fingerprint density at radius 3 is 2.69 bits per heavy atom. The SMILES string of the molecule is C=C(C)CNC(=NCC(=O)N(C)C)NCC(c1cccs1)N1CCCC1. The van der Waals surface area contributed by atoms with Crippen molar-refractivity contribution in [3.63, 3.8) is 0 Å². The van der Waals surface area contributed by atoms with Crippen molar-refractivity contribution >= 4 is 23.2 Å². The summed E-state index contributed by atoms with van der Waals surface area (Å²) >= 11 is 1.79. The van der Waals surface area contributed by atoms with Crippen molar-refractivity contribution < 1.29 is 4.79 Å². The van der Waals surface area contributed by atoms with Crippen LogP contribution >= 0.6 is 11.3 Å². The van der Waals surface area contributed by atoms with Gasteiger partial charge in [-0.1, -0.05) is 18.2 Å². The van der Waals surface area contributed by atoms with Crippen LogP contribution in [0.1, 0.15) is 30.7 Å². The average molecular weight is 378 g/mol. The minimum absolute atomic E-state index is 0.0178. The van der Waals surface area contributed by atoms with Gasteiger partial charge in [-0.25, -0.2) is 4.99 Å². The van der Waals surface area contributed by atoms with E-state index in [9.17, 15) is 4.79 Å². The van der Waals surface area contributed by atoms with Crippen molar-refractivity contribution in [3.8, 4) is 0 Å². The molecule has 2 rings (SSSR count). The van der Waals surface area contributed by atoms with Crippen molar-refractivity contribution in [3.05, 3.63) is 34.5 Å². The molecule has 0 radical (unpaired) electrons. The molecular formula is C19H31N5OS. The van der Waals surface area contributed by atoms with Crippen LogP contribution < -0.4 is 10.6 Å². The van der Waals surface area contributed by atoms with Gasteiger partial charge in [-0.2, -0.15) is 0 Å². The van der Waals surface area contributed by atoms with E-state index in [1.807, 2.05) is 6.92 Å². The molecule has 1 aliphatic heterocycles. The summed E-state index contributed by atoms with van der Waals surface area (Å²) < 4.78 is 0. The number of carbonyl (C=O) groups excluding carboxylic acids is 1. The van der Waals surface area contributed by atoms with Crippen molar-refractivity contribution in [2.45, 2.75) is 25.8 Å².